The minimum Gasteiger partial charge on any atom is -0.377 e. The van der Waals surface area contributed by atoms with Crippen LogP contribution in [0.3, 0.4) is 0 Å². The average Bonchev–Trinajstić information content (AvgIpc) is 2.51. The Labute approximate surface area is 74.7 Å². The minimum atomic E-state index is 0.340. The fourth-order valence-corrected chi connectivity index (χ4v) is 1.68. The summed E-state index contributed by atoms with van der Waals surface area (Å²) in [5, 5.41) is 3.42. The van der Waals surface area contributed by atoms with Crippen LogP contribution in [0.2, 0.25) is 0 Å². The number of ether oxygens (including phenoxy) is 1. The molecule has 1 aliphatic rings. The zero-order valence-electron chi connectivity index (χ0n) is 8.05. The first-order valence-electron chi connectivity index (χ1n) is 4.81. The molecule has 0 aliphatic carbocycles. The van der Waals surface area contributed by atoms with Crippen LogP contribution in [0.15, 0.2) is 0 Å². The second-order valence-electron chi connectivity index (χ2n) is 3.72. The lowest BCUT2D eigenvalue weighted by atomic mass is 10.1. The molecule has 0 spiro atoms. The fraction of sp³-hybridized carbons (Fsp3) is 1.00. The molecule has 0 aromatic carbocycles. The Balaban J connectivity index is 2.32. The maximum atomic E-state index is 5.66. The largest absolute Gasteiger partial charge is 0.377 e. The highest BCUT2D eigenvalue weighted by molar-refractivity contribution is 4.82. The lowest BCUT2D eigenvalue weighted by Gasteiger charge is -2.24. The maximum absolute atomic E-state index is 5.66. The maximum Gasteiger partial charge on any atom is 0.0741 e. The molecule has 2 atom stereocenters. The minimum absolute atomic E-state index is 0.340. The number of nitrogens with two attached hydrogens (primary N) is 1. The molecular weight excluding hydrogens is 152 g/mol. The molecule has 0 amide bonds. The Hall–Kier alpha value is -0.120. The first-order valence-corrected chi connectivity index (χ1v) is 4.81. The fourth-order valence-electron chi connectivity index (χ4n) is 1.68. The topological polar surface area (TPSA) is 47.3 Å². The summed E-state index contributed by atoms with van der Waals surface area (Å²) >= 11 is 0. The van der Waals surface area contributed by atoms with Crippen molar-refractivity contribution in [2.24, 2.45) is 5.73 Å². The van der Waals surface area contributed by atoms with Crippen molar-refractivity contribution in [2.45, 2.75) is 44.9 Å². The van der Waals surface area contributed by atoms with E-state index in [-0.39, 0.29) is 0 Å². The van der Waals surface area contributed by atoms with E-state index in [1.165, 1.54) is 6.42 Å². The van der Waals surface area contributed by atoms with E-state index in [1.54, 1.807) is 0 Å². The third-order valence-electron chi connectivity index (χ3n) is 2.22. The van der Waals surface area contributed by atoms with Gasteiger partial charge in [0.15, 0.2) is 0 Å². The first kappa shape index (κ1) is 9.96. The summed E-state index contributed by atoms with van der Waals surface area (Å²) in [5.74, 6) is 0. The second kappa shape index (κ2) is 4.80. The Morgan fingerprint density at radius 3 is 2.75 bits per heavy atom. The van der Waals surface area contributed by atoms with Crippen molar-refractivity contribution in [1.29, 1.82) is 0 Å². The Morgan fingerprint density at radius 2 is 2.33 bits per heavy atom. The lowest BCUT2D eigenvalue weighted by molar-refractivity contribution is 0.0781. The molecule has 3 N–H and O–H groups in total. The molecule has 0 bridgehead atoms. The van der Waals surface area contributed by atoms with E-state index in [9.17, 15) is 0 Å². The summed E-state index contributed by atoms with van der Waals surface area (Å²) in [6.45, 7) is 5.85. The highest BCUT2D eigenvalue weighted by Gasteiger charge is 2.24. The van der Waals surface area contributed by atoms with E-state index in [0.717, 1.165) is 13.0 Å². The van der Waals surface area contributed by atoms with Crippen molar-refractivity contribution in [3.63, 3.8) is 0 Å². The molecule has 0 aromatic rings. The number of rotatable bonds is 4. The smallest absolute Gasteiger partial charge is 0.0741 e. The highest BCUT2D eigenvalue weighted by Crippen LogP contribution is 2.15. The van der Waals surface area contributed by atoms with Gasteiger partial charge in [0.05, 0.1) is 6.10 Å². The van der Waals surface area contributed by atoms with Crippen molar-refractivity contribution >= 4 is 0 Å². The molecule has 3 heteroatoms. The third kappa shape index (κ3) is 2.73. The van der Waals surface area contributed by atoms with Crippen molar-refractivity contribution in [1.82, 2.24) is 5.32 Å². The number of hydrogen-bond donors (Lipinski definition) is 2. The molecule has 0 aromatic heterocycles. The highest BCUT2D eigenvalue weighted by atomic mass is 16.5. The van der Waals surface area contributed by atoms with Crippen LogP contribution >= 0.6 is 0 Å². The van der Waals surface area contributed by atoms with Crippen LogP contribution in [-0.2, 0) is 4.74 Å². The molecule has 72 valence electrons. The van der Waals surface area contributed by atoms with Gasteiger partial charge in [0.2, 0.25) is 0 Å². The van der Waals surface area contributed by atoms with Gasteiger partial charge >= 0.3 is 0 Å². The predicted molar refractivity (Wildman–Crippen MR) is 50.1 cm³/mol. The summed E-state index contributed by atoms with van der Waals surface area (Å²) in [6, 6.07) is 0.829. The average molecular weight is 172 g/mol. The number of nitrogens with one attached hydrogen (secondary N) is 1. The van der Waals surface area contributed by atoms with Gasteiger partial charge in [0.1, 0.15) is 0 Å². The zero-order valence-corrected chi connectivity index (χ0v) is 8.05. The predicted octanol–water partition coefficient (Wildman–Crippen LogP) is 0.491. The number of hydrogen-bond acceptors (Lipinski definition) is 3. The summed E-state index contributed by atoms with van der Waals surface area (Å²) in [7, 11) is 0. The third-order valence-corrected chi connectivity index (χ3v) is 2.22. The Bertz CT molecular complexity index is 122. The van der Waals surface area contributed by atoms with E-state index in [1.807, 2.05) is 0 Å². The Morgan fingerprint density at radius 1 is 1.58 bits per heavy atom. The van der Waals surface area contributed by atoms with Crippen molar-refractivity contribution < 1.29 is 4.74 Å². The van der Waals surface area contributed by atoms with Crippen LogP contribution in [0.25, 0.3) is 0 Å². The van der Waals surface area contributed by atoms with Crippen LogP contribution < -0.4 is 11.1 Å². The molecule has 1 rings (SSSR count). The Kier molecular flexibility index (Phi) is 3.98. The lowest BCUT2D eigenvalue weighted by Crippen LogP contribution is -2.47. The van der Waals surface area contributed by atoms with Crippen molar-refractivity contribution in [2.75, 3.05) is 13.2 Å². The standard InChI is InChI=1S/C9H20N2O/c1-7(2)11-8(6-10)9-4-3-5-12-9/h7-9,11H,3-6,10H2,1-2H3. The molecule has 0 saturated carbocycles. The molecule has 2 unspecified atom stereocenters. The van der Waals surface area contributed by atoms with Gasteiger partial charge in [0, 0.05) is 25.2 Å². The van der Waals surface area contributed by atoms with Gasteiger partial charge in [-0.25, -0.2) is 0 Å². The molecule has 1 aliphatic heterocycles. The normalized spacial score (nSPS) is 26.5. The molecule has 1 fully saturated rings. The van der Waals surface area contributed by atoms with Gasteiger partial charge in [-0.1, -0.05) is 13.8 Å². The SMILES string of the molecule is CC(C)NC(CN)C1CCCO1. The first-order chi connectivity index (χ1) is 5.74. The van der Waals surface area contributed by atoms with Crippen LogP contribution in [0.4, 0.5) is 0 Å². The van der Waals surface area contributed by atoms with Gasteiger partial charge in [-0.2, -0.15) is 0 Å². The summed E-state index contributed by atoms with van der Waals surface area (Å²) < 4.78 is 5.56. The molecule has 0 radical (unpaired) electrons. The van der Waals surface area contributed by atoms with Crippen molar-refractivity contribution in [3.05, 3.63) is 0 Å². The van der Waals surface area contributed by atoms with Crippen LogP contribution in [0.5, 0.6) is 0 Å². The van der Waals surface area contributed by atoms with Gasteiger partial charge in [-0.3, -0.25) is 0 Å². The van der Waals surface area contributed by atoms with E-state index >= 15 is 0 Å². The zero-order chi connectivity index (χ0) is 8.97. The van der Waals surface area contributed by atoms with E-state index in [2.05, 4.69) is 19.2 Å². The molecule has 3 nitrogen and oxygen atoms in total. The van der Waals surface area contributed by atoms with E-state index < -0.39 is 0 Å². The molecule has 1 saturated heterocycles. The second-order valence-corrected chi connectivity index (χ2v) is 3.72. The molecule has 12 heavy (non-hydrogen) atoms. The van der Waals surface area contributed by atoms with Crippen LogP contribution in [0.1, 0.15) is 26.7 Å². The van der Waals surface area contributed by atoms with Crippen LogP contribution in [0, 0.1) is 0 Å². The molecular formula is C9H20N2O. The quantitative estimate of drug-likeness (QED) is 0.649. The van der Waals surface area contributed by atoms with Crippen molar-refractivity contribution in [3.8, 4) is 0 Å². The van der Waals surface area contributed by atoms with Crippen LogP contribution in [-0.4, -0.2) is 31.3 Å². The monoisotopic (exact) mass is 172 g/mol. The van der Waals surface area contributed by atoms with E-state index in [4.69, 9.17) is 10.5 Å². The van der Waals surface area contributed by atoms with E-state index in [0.29, 0.717) is 24.7 Å². The molecule has 1 heterocycles. The van der Waals surface area contributed by atoms with Gasteiger partial charge in [-0.05, 0) is 12.8 Å². The summed E-state index contributed by atoms with van der Waals surface area (Å²) in [6.07, 6.45) is 2.68. The summed E-state index contributed by atoms with van der Waals surface area (Å²) in [4.78, 5) is 0. The van der Waals surface area contributed by atoms with Gasteiger partial charge < -0.3 is 15.8 Å². The van der Waals surface area contributed by atoms with Gasteiger partial charge in [0.25, 0.3) is 0 Å². The van der Waals surface area contributed by atoms with Gasteiger partial charge in [-0.15, -0.1) is 0 Å². The summed E-state index contributed by atoms with van der Waals surface area (Å²) in [5.41, 5.74) is 5.66.